The Morgan fingerprint density at radius 2 is 2.20 bits per heavy atom. The lowest BCUT2D eigenvalue weighted by Gasteiger charge is -2.08. The average molecular weight is 211 g/mol. The van der Waals surface area contributed by atoms with E-state index in [2.05, 4.69) is 24.1 Å². The normalized spacial score (nSPS) is 10.9. The first-order chi connectivity index (χ1) is 7.09. The molecule has 5 nitrogen and oxygen atoms in total. The monoisotopic (exact) mass is 211 g/mol. The van der Waals surface area contributed by atoms with Gasteiger partial charge in [0.1, 0.15) is 0 Å². The minimum atomic E-state index is -0.355. The molecule has 0 spiro atoms. The van der Waals surface area contributed by atoms with E-state index in [0.717, 1.165) is 13.1 Å². The molecular weight excluding hydrogens is 194 g/mol. The molecule has 15 heavy (non-hydrogen) atoms. The van der Waals surface area contributed by atoms with Gasteiger partial charge in [-0.2, -0.15) is 0 Å². The van der Waals surface area contributed by atoms with Crippen molar-refractivity contribution in [1.29, 1.82) is 0 Å². The Bertz CT molecular complexity index is 406. The van der Waals surface area contributed by atoms with Crippen LogP contribution in [0.5, 0.6) is 0 Å². The van der Waals surface area contributed by atoms with E-state index in [1.54, 1.807) is 0 Å². The van der Waals surface area contributed by atoms with E-state index in [0.29, 0.717) is 12.5 Å². The Kier molecular flexibility index (Phi) is 4.30. The van der Waals surface area contributed by atoms with Crippen LogP contribution < -0.4 is 16.6 Å². The van der Waals surface area contributed by atoms with Gasteiger partial charge in [0.15, 0.2) is 0 Å². The van der Waals surface area contributed by atoms with Crippen LogP contribution in [0.15, 0.2) is 21.9 Å². The van der Waals surface area contributed by atoms with Crippen molar-refractivity contribution in [3.63, 3.8) is 0 Å². The molecule has 0 amide bonds. The highest BCUT2D eigenvalue weighted by molar-refractivity contribution is 4.82. The van der Waals surface area contributed by atoms with Crippen LogP contribution in [-0.2, 0) is 6.54 Å². The van der Waals surface area contributed by atoms with Crippen LogP contribution in [0.4, 0.5) is 0 Å². The summed E-state index contributed by atoms with van der Waals surface area (Å²) in [5, 5.41) is 3.22. The summed E-state index contributed by atoms with van der Waals surface area (Å²) in [7, 11) is 0. The average Bonchev–Trinajstić information content (AvgIpc) is 2.14. The highest BCUT2D eigenvalue weighted by Gasteiger charge is 1.96. The van der Waals surface area contributed by atoms with Gasteiger partial charge in [0.05, 0.1) is 0 Å². The fourth-order valence-corrected chi connectivity index (χ4v) is 1.21. The van der Waals surface area contributed by atoms with Gasteiger partial charge in [0.25, 0.3) is 5.56 Å². The molecule has 1 aromatic rings. The SMILES string of the molecule is CC(C)CNCCn1ccc(=O)[nH]c1=O. The third kappa shape index (κ3) is 4.12. The summed E-state index contributed by atoms with van der Waals surface area (Å²) in [6.45, 7) is 6.48. The van der Waals surface area contributed by atoms with Gasteiger partial charge in [0, 0.05) is 25.4 Å². The van der Waals surface area contributed by atoms with E-state index in [4.69, 9.17) is 0 Å². The van der Waals surface area contributed by atoms with Gasteiger partial charge < -0.3 is 5.32 Å². The zero-order valence-corrected chi connectivity index (χ0v) is 9.12. The number of aromatic amines is 1. The third-order valence-electron chi connectivity index (χ3n) is 1.98. The number of aromatic nitrogens is 2. The van der Waals surface area contributed by atoms with Crippen LogP contribution in [0.1, 0.15) is 13.8 Å². The lowest BCUT2D eigenvalue weighted by atomic mass is 10.2. The topological polar surface area (TPSA) is 66.9 Å². The Hall–Kier alpha value is -1.36. The van der Waals surface area contributed by atoms with Gasteiger partial charge in [-0.1, -0.05) is 13.8 Å². The molecule has 0 bridgehead atoms. The van der Waals surface area contributed by atoms with Crippen molar-refractivity contribution in [3.05, 3.63) is 33.1 Å². The highest BCUT2D eigenvalue weighted by atomic mass is 16.2. The second kappa shape index (κ2) is 5.50. The Labute approximate surface area is 88.1 Å². The fourth-order valence-electron chi connectivity index (χ4n) is 1.21. The molecule has 84 valence electrons. The second-order valence-electron chi connectivity index (χ2n) is 3.90. The lowest BCUT2D eigenvalue weighted by Crippen LogP contribution is -2.32. The predicted molar refractivity (Wildman–Crippen MR) is 59.0 cm³/mol. The third-order valence-corrected chi connectivity index (χ3v) is 1.98. The molecule has 0 aliphatic carbocycles. The van der Waals surface area contributed by atoms with Crippen molar-refractivity contribution >= 4 is 0 Å². The highest BCUT2D eigenvalue weighted by Crippen LogP contribution is 1.86. The molecule has 0 aliphatic heterocycles. The fraction of sp³-hybridized carbons (Fsp3) is 0.600. The second-order valence-corrected chi connectivity index (χ2v) is 3.90. The number of H-pyrrole nitrogens is 1. The molecular formula is C10H17N3O2. The zero-order chi connectivity index (χ0) is 11.3. The van der Waals surface area contributed by atoms with Gasteiger partial charge in [-0.05, 0) is 12.5 Å². The Balaban J connectivity index is 2.45. The quantitative estimate of drug-likeness (QED) is 0.662. The molecule has 0 radical (unpaired) electrons. The summed E-state index contributed by atoms with van der Waals surface area (Å²) < 4.78 is 1.48. The van der Waals surface area contributed by atoms with Crippen molar-refractivity contribution in [2.45, 2.75) is 20.4 Å². The standard InChI is InChI=1S/C10H17N3O2/c1-8(2)7-11-4-6-13-5-3-9(14)12-10(13)15/h3,5,8,11H,4,6-7H2,1-2H3,(H,12,14,15). The maximum absolute atomic E-state index is 11.2. The van der Waals surface area contributed by atoms with Crippen molar-refractivity contribution in [2.24, 2.45) is 5.92 Å². The van der Waals surface area contributed by atoms with E-state index < -0.39 is 0 Å². The van der Waals surface area contributed by atoms with Gasteiger partial charge in [-0.25, -0.2) is 4.79 Å². The maximum atomic E-state index is 11.2. The number of nitrogens with one attached hydrogen (secondary N) is 2. The molecule has 5 heteroatoms. The molecule has 0 unspecified atom stereocenters. The molecule has 0 aliphatic rings. The zero-order valence-electron chi connectivity index (χ0n) is 9.12. The Morgan fingerprint density at radius 3 is 2.80 bits per heavy atom. The van der Waals surface area contributed by atoms with Crippen LogP contribution in [0.3, 0.4) is 0 Å². The van der Waals surface area contributed by atoms with E-state index in [9.17, 15) is 9.59 Å². The smallest absolute Gasteiger partial charge is 0.315 e. The summed E-state index contributed by atoms with van der Waals surface area (Å²) in [5.41, 5.74) is -0.708. The molecule has 2 N–H and O–H groups in total. The summed E-state index contributed by atoms with van der Waals surface area (Å²) in [6.07, 6.45) is 1.51. The van der Waals surface area contributed by atoms with Crippen LogP contribution in [0.2, 0.25) is 0 Å². The van der Waals surface area contributed by atoms with Crippen LogP contribution in [0.25, 0.3) is 0 Å². The van der Waals surface area contributed by atoms with Gasteiger partial charge in [0.2, 0.25) is 0 Å². The van der Waals surface area contributed by atoms with Crippen molar-refractivity contribution in [2.75, 3.05) is 13.1 Å². The summed E-state index contributed by atoms with van der Waals surface area (Å²) in [4.78, 5) is 24.2. The molecule has 1 aromatic heterocycles. The van der Waals surface area contributed by atoms with Crippen LogP contribution >= 0.6 is 0 Å². The van der Waals surface area contributed by atoms with E-state index in [-0.39, 0.29) is 11.2 Å². The molecule has 0 atom stereocenters. The first kappa shape index (κ1) is 11.7. The number of hydrogen-bond donors (Lipinski definition) is 2. The molecule has 1 rings (SSSR count). The Morgan fingerprint density at radius 1 is 1.47 bits per heavy atom. The minimum absolute atomic E-state index is 0.353. The lowest BCUT2D eigenvalue weighted by molar-refractivity contribution is 0.516. The first-order valence-corrected chi connectivity index (χ1v) is 5.10. The summed E-state index contributed by atoms with van der Waals surface area (Å²) in [6, 6.07) is 1.35. The van der Waals surface area contributed by atoms with Gasteiger partial charge in [-0.15, -0.1) is 0 Å². The summed E-state index contributed by atoms with van der Waals surface area (Å²) in [5.74, 6) is 0.595. The van der Waals surface area contributed by atoms with Crippen molar-refractivity contribution < 1.29 is 0 Å². The van der Waals surface area contributed by atoms with E-state index in [1.165, 1.54) is 16.8 Å². The van der Waals surface area contributed by atoms with Crippen molar-refractivity contribution in [1.82, 2.24) is 14.9 Å². The molecule has 0 saturated carbocycles. The van der Waals surface area contributed by atoms with Crippen LogP contribution in [-0.4, -0.2) is 22.6 Å². The maximum Gasteiger partial charge on any atom is 0.328 e. The minimum Gasteiger partial charge on any atom is -0.315 e. The van der Waals surface area contributed by atoms with Crippen molar-refractivity contribution in [3.8, 4) is 0 Å². The molecule has 0 saturated heterocycles. The van der Waals surface area contributed by atoms with Gasteiger partial charge in [-0.3, -0.25) is 14.3 Å². The number of hydrogen-bond acceptors (Lipinski definition) is 3. The summed E-state index contributed by atoms with van der Waals surface area (Å²) >= 11 is 0. The largest absolute Gasteiger partial charge is 0.328 e. The van der Waals surface area contributed by atoms with Gasteiger partial charge >= 0.3 is 5.69 Å². The van der Waals surface area contributed by atoms with Crippen LogP contribution in [0, 0.1) is 5.92 Å². The first-order valence-electron chi connectivity index (χ1n) is 5.10. The van der Waals surface area contributed by atoms with E-state index in [1.807, 2.05) is 0 Å². The number of nitrogens with zero attached hydrogens (tertiary/aromatic N) is 1. The molecule has 0 aromatic carbocycles. The predicted octanol–water partition coefficient (Wildman–Crippen LogP) is -0.218. The van der Waals surface area contributed by atoms with E-state index >= 15 is 0 Å². The number of rotatable bonds is 5. The molecule has 1 heterocycles. The molecule has 0 fully saturated rings.